The largest absolute Gasteiger partial charge is 0.151 e. The number of benzene rings is 2. The van der Waals surface area contributed by atoms with Gasteiger partial charge in [0.1, 0.15) is 0 Å². The smallest absolute Gasteiger partial charge is 0.0886 e. The molecule has 2 aromatic rings. The van der Waals surface area contributed by atoms with Crippen LogP contribution < -0.4 is 0 Å². The predicted molar refractivity (Wildman–Crippen MR) is 65.4 cm³/mol. The highest BCUT2D eigenvalue weighted by Crippen LogP contribution is 2.21. The van der Waals surface area contributed by atoms with Gasteiger partial charge in [0.15, 0.2) is 0 Å². The van der Waals surface area contributed by atoms with Crippen LogP contribution in [0.4, 0.5) is 11.4 Å². The lowest BCUT2D eigenvalue weighted by atomic mass is 10.2. The van der Waals surface area contributed by atoms with E-state index in [2.05, 4.69) is 16.3 Å². The average molecular weight is 209 g/mol. The molecule has 0 unspecified atom stereocenters. The molecule has 0 spiro atoms. The summed E-state index contributed by atoms with van der Waals surface area (Å²) in [6.07, 6.45) is 0. The van der Waals surface area contributed by atoms with E-state index in [0.29, 0.717) is 0 Å². The normalized spacial score (nSPS) is 10.9. The van der Waals surface area contributed by atoms with Gasteiger partial charge < -0.3 is 0 Å². The SMILES string of the molecule is Cc1[c]ccc(N=Nc2ccccc2C)c1. The fourth-order valence-electron chi connectivity index (χ4n) is 1.42. The van der Waals surface area contributed by atoms with Crippen molar-refractivity contribution < 1.29 is 0 Å². The van der Waals surface area contributed by atoms with Gasteiger partial charge in [-0.3, -0.25) is 0 Å². The summed E-state index contributed by atoms with van der Waals surface area (Å²) in [6.45, 7) is 4.02. The van der Waals surface area contributed by atoms with Crippen molar-refractivity contribution in [1.82, 2.24) is 0 Å². The zero-order valence-electron chi connectivity index (χ0n) is 9.44. The van der Waals surface area contributed by atoms with Gasteiger partial charge in [0, 0.05) is 0 Å². The Morgan fingerprint density at radius 1 is 1.00 bits per heavy atom. The van der Waals surface area contributed by atoms with Crippen LogP contribution in [0.15, 0.2) is 52.7 Å². The number of hydrogen-bond donors (Lipinski definition) is 0. The number of aryl methyl sites for hydroxylation is 2. The van der Waals surface area contributed by atoms with Crippen LogP contribution in [0.1, 0.15) is 11.1 Å². The summed E-state index contributed by atoms with van der Waals surface area (Å²) in [5.74, 6) is 0. The Bertz CT molecular complexity index is 516. The minimum atomic E-state index is 0.861. The van der Waals surface area contributed by atoms with E-state index in [-0.39, 0.29) is 0 Å². The van der Waals surface area contributed by atoms with E-state index in [1.165, 1.54) is 0 Å². The minimum Gasteiger partial charge on any atom is -0.151 e. The summed E-state index contributed by atoms with van der Waals surface area (Å²) in [7, 11) is 0. The van der Waals surface area contributed by atoms with Crippen LogP contribution >= 0.6 is 0 Å². The van der Waals surface area contributed by atoms with E-state index < -0.39 is 0 Å². The zero-order chi connectivity index (χ0) is 11.4. The molecule has 1 radical (unpaired) electrons. The fraction of sp³-hybridized carbons (Fsp3) is 0.143. The number of nitrogens with zero attached hydrogens (tertiary/aromatic N) is 2. The monoisotopic (exact) mass is 209 g/mol. The van der Waals surface area contributed by atoms with E-state index in [4.69, 9.17) is 0 Å². The Hall–Kier alpha value is -1.96. The van der Waals surface area contributed by atoms with Crippen molar-refractivity contribution in [2.75, 3.05) is 0 Å². The van der Waals surface area contributed by atoms with Crippen molar-refractivity contribution in [3.05, 3.63) is 59.7 Å². The minimum absolute atomic E-state index is 0.861. The van der Waals surface area contributed by atoms with Gasteiger partial charge in [-0.1, -0.05) is 24.3 Å². The molecular weight excluding hydrogens is 196 g/mol. The Balaban J connectivity index is 2.25. The molecule has 0 N–H and O–H groups in total. The maximum absolute atomic E-state index is 4.23. The third kappa shape index (κ3) is 2.54. The van der Waals surface area contributed by atoms with Gasteiger partial charge in [-0.2, -0.15) is 10.2 Å². The van der Waals surface area contributed by atoms with Crippen LogP contribution in [-0.2, 0) is 0 Å². The third-order valence-electron chi connectivity index (χ3n) is 2.32. The van der Waals surface area contributed by atoms with E-state index in [1.807, 2.05) is 56.3 Å². The molecule has 0 bridgehead atoms. The van der Waals surface area contributed by atoms with Gasteiger partial charge in [0.05, 0.1) is 11.4 Å². The molecule has 16 heavy (non-hydrogen) atoms. The first-order valence-electron chi connectivity index (χ1n) is 5.21. The number of rotatable bonds is 2. The van der Waals surface area contributed by atoms with Crippen molar-refractivity contribution in [3.63, 3.8) is 0 Å². The predicted octanol–water partition coefficient (Wildman–Crippen LogP) is 4.52. The molecule has 0 amide bonds. The molecule has 0 atom stereocenters. The topological polar surface area (TPSA) is 24.7 Å². The van der Waals surface area contributed by atoms with E-state index >= 15 is 0 Å². The van der Waals surface area contributed by atoms with Crippen molar-refractivity contribution in [2.24, 2.45) is 10.2 Å². The van der Waals surface area contributed by atoms with Crippen molar-refractivity contribution in [3.8, 4) is 0 Å². The maximum Gasteiger partial charge on any atom is 0.0886 e. The molecule has 2 nitrogen and oxygen atoms in total. The van der Waals surface area contributed by atoms with Crippen molar-refractivity contribution in [2.45, 2.75) is 13.8 Å². The highest BCUT2D eigenvalue weighted by Gasteiger charge is 1.94. The molecule has 0 fully saturated rings. The highest BCUT2D eigenvalue weighted by molar-refractivity contribution is 5.45. The summed E-state index contributed by atoms with van der Waals surface area (Å²) in [5.41, 5.74) is 3.97. The van der Waals surface area contributed by atoms with Crippen LogP contribution in [0, 0.1) is 19.9 Å². The number of hydrogen-bond acceptors (Lipinski definition) is 2. The molecule has 2 heteroatoms. The molecule has 2 rings (SSSR count). The molecule has 0 saturated heterocycles. The van der Waals surface area contributed by atoms with Crippen LogP contribution in [0.25, 0.3) is 0 Å². The molecule has 0 aromatic heterocycles. The van der Waals surface area contributed by atoms with Crippen molar-refractivity contribution >= 4 is 11.4 Å². The lowest BCUT2D eigenvalue weighted by Crippen LogP contribution is -1.72. The Labute approximate surface area is 95.7 Å². The number of azo groups is 1. The van der Waals surface area contributed by atoms with Gasteiger partial charge in [-0.25, -0.2) is 0 Å². The quantitative estimate of drug-likeness (QED) is 0.650. The fourth-order valence-corrected chi connectivity index (χ4v) is 1.42. The second kappa shape index (κ2) is 4.71. The summed E-state index contributed by atoms with van der Waals surface area (Å²) < 4.78 is 0. The molecule has 79 valence electrons. The first-order chi connectivity index (χ1) is 7.75. The van der Waals surface area contributed by atoms with E-state index in [0.717, 1.165) is 22.5 Å². The van der Waals surface area contributed by atoms with Gasteiger partial charge in [0.25, 0.3) is 0 Å². The zero-order valence-corrected chi connectivity index (χ0v) is 9.44. The van der Waals surface area contributed by atoms with E-state index in [9.17, 15) is 0 Å². The Morgan fingerprint density at radius 2 is 1.81 bits per heavy atom. The summed E-state index contributed by atoms with van der Waals surface area (Å²) in [5, 5.41) is 8.43. The Kier molecular flexibility index (Phi) is 3.10. The summed E-state index contributed by atoms with van der Waals surface area (Å²) in [6, 6.07) is 16.7. The molecule has 0 aliphatic heterocycles. The third-order valence-corrected chi connectivity index (χ3v) is 2.32. The van der Waals surface area contributed by atoms with Gasteiger partial charge in [0.2, 0.25) is 0 Å². The van der Waals surface area contributed by atoms with Gasteiger partial charge in [-0.05, 0) is 49.2 Å². The summed E-state index contributed by atoms with van der Waals surface area (Å²) in [4.78, 5) is 0. The van der Waals surface area contributed by atoms with Crippen LogP contribution in [0.3, 0.4) is 0 Å². The first kappa shape index (κ1) is 10.6. The second-order valence-corrected chi connectivity index (χ2v) is 3.72. The second-order valence-electron chi connectivity index (χ2n) is 3.72. The standard InChI is InChI=1S/C14H13N2/c1-11-6-5-8-13(10-11)15-16-14-9-4-3-7-12(14)2/h3-5,7-10H,1-2H3. The Morgan fingerprint density at radius 3 is 2.56 bits per heavy atom. The average Bonchev–Trinajstić information content (AvgIpc) is 2.28. The van der Waals surface area contributed by atoms with Crippen LogP contribution in [0.2, 0.25) is 0 Å². The lowest BCUT2D eigenvalue weighted by Gasteiger charge is -1.97. The van der Waals surface area contributed by atoms with Crippen LogP contribution in [-0.4, -0.2) is 0 Å². The van der Waals surface area contributed by atoms with Crippen LogP contribution in [0.5, 0.6) is 0 Å². The molecular formula is C14H13N2. The maximum atomic E-state index is 4.23. The molecule has 0 heterocycles. The lowest BCUT2D eigenvalue weighted by molar-refractivity contribution is 1.20. The van der Waals surface area contributed by atoms with Crippen molar-refractivity contribution in [1.29, 1.82) is 0 Å². The first-order valence-corrected chi connectivity index (χ1v) is 5.21. The molecule has 2 aromatic carbocycles. The molecule has 0 aliphatic carbocycles. The van der Waals surface area contributed by atoms with Gasteiger partial charge >= 0.3 is 0 Å². The molecule has 0 aliphatic rings. The van der Waals surface area contributed by atoms with E-state index in [1.54, 1.807) is 0 Å². The van der Waals surface area contributed by atoms with Gasteiger partial charge in [-0.15, -0.1) is 0 Å². The molecule has 0 saturated carbocycles. The summed E-state index contributed by atoms with van der Waals surface area (Å²) >= 11 is 0. The highest BCUT2D eigenvalue weighted by atomic mass is 15.1.